The number of rotatable bonds is 9. The number of nitrogens with one attached hydrogen (secondary N) is 2. The van der Waals surface area contributed by atoms with Crippen LogP contribution in [0.25, 0.3) is 5.65 Å². The number of carbonyl (C=O) groups is 2. The summed E-state index contributed by atoms with van der Waals surface area (Å²) in [6, 6.07) is 12.0. The van der Waals surface area contributed by atoms with Gasteiger partial charge in [0.2, 0.25) is 5.91 Å². The number of hydrogen-bond donors (Lipinski definition) is 2. The summed E-state index contributed by atoms with van der Waals surface area (Å²) in [6.45, 7) is 2.55. The summed E-state index contributed by atoms with van der Waals surface area (Å²) in [5, 5.41) is 5.65. The number of unbranched alkanes of at least 4 members (excludes halogenated alkanes) is 2. The number of pyridine rings is 1. The second-order valence-electron chi connectivity index (χ2n) is 6.91. The van der Waals surface area contributed by atoms with Gasteiger partial charge in [-0.2, -0.15) is 0 Å². The third-order valence-corrected chi connectivity index (χ3v) is 4.72. The van der Waals surface area contributed by atoms with E-state index in [2.05, 4.69) is 15.6 Å². The van der Waals surface area contributed by atoms with Crippen molar-refractivity contribution >= 4 is 17.5 Å². The highest BCUT2D eigenvalue weighted by molar-refractivity contribution is 5.94. The van der Waals surface area contributed by atoms with Gasteiger partial charge in [0.05, 0.1) is 5.69 Å². The molecule has 0 spiro atoms. The van der Waals surface area contributed by atoms with Crippen molar-refractivity contribution in [3.8, 4) is 0 Å². The minimum Gasteiger partial charge on any atom is -0.352 e. The van der Waals surface area contributed by atoms with Crippen LogP contribution in [0.15, 0.2) is 48.7 Å². The molecule has 0 saturated heterocycles. The second-order valence-corrected chi connectivity index (χ2v) is 6.91. The third kappa shape index (κ3) is 5.40. The zero-order valence-electron chi connectivity index (χ0n) is 16.5. The topological polar surface area (TPSA) is 75.5 Å². The zero-order valence-corrected chi connectivity index (χ0v) is 16.5. The maximum Gasteiger partial charge on any atom is 0.270 e. The summed E-state index contributed by atoms with van der Waals surface area (Å²) < 4.78 is 15.3. The first-order valence-corrected chi connectivity index (χ1v) is 9.78. The van der Waals surface area contributed by atoms with Crippen LogP contribution in [0.4, 0.5) is 4.39 Å². The Morgan fingerprint density at radius 1 is 1.03 bits per heavy atom. The van der Waals surface area contributed by atoms with E-state index in [4.69, 9.17) is 0 Å². The number of carbonyl (C=O) groups excluding carboxylic acids is 2. The Morgan fingerprint density at radius 3 is 2.66 bits per heavy atom. The monoisotopic (exact) mass is 396 g/mol. The van der Waals surface area contributed by atoms with Gasteiger partial charge >= 0.3 is 0 Å². The van der Waals surface area contributed by atoms with Gasteiger partial charge in [0.1, 0.15) is 17.2 Å². The number of fused-ring (bicyclic) bond motifs is 1. The van der Waals surface area contributed by atoms with Gasteiger partial charge in [-0.25, -0.2) is 9.37 Å². The smallest absolute Gasteiger partial charge is 0.270 e. The summed E-state index contributed by atoms with van der Waals surface area (Å²) in [5.41, 5.74) is 2.47. The molecule has 0 atom stereocenters. The Balaban J connectivity index is 1.33. The Kier molecular flexibility index (Phi) is 6.94. The number of aromatic nitrogens is 2. The molecule has 29 heavy (non-hydrogen) atoms. The lowest BCUT2D eigenvalue weighted by atomic mass is 10.1. The molecular weight excluding hydrogens is 371 g/mol. The zero-order chi connectivity index (χ0) is 20.6. The van der Waals surface area contributed by atoms with Gasteiger partial charge in [-0.05, 0) is 38.0 Å². The lowest BCUT2D eigenvalue weighted by Crippen LogP contribution is -2.26. The number of halogens is 1. The number of imidazole rings is 1. The number of aryl methyl sites for hydroxylation is 1. The van der Waals surface area contributed by atoms with Crippen molar-refractivity contribution in [2.45, 2.75) is 39.2 Å². The lowest BCUT2D eigenvalue weighted by molar-refractivity contribution is -0.121. The molecule has 6 nitrogen and oxygen atoms in total. The first-order chi connectivity index (χ1) is 14.1. The predicted molar refractivity (Wildman–Crippen MR) is 109 cm³/mol. The van der Waals surface area contributed by atoms with Crippen LogP contribution in [0, 0.1) is 12.7 Å². The van der Waals surface area contributed by atoms with Crippen LogP contribution >= 0.6 is 0 Å². The summed E-state index contributed by atoms with van der Waals surface area (Å²) >= 11 is 0. The van der Waals surface area contributed by atoms with Crippen LogP contribution in [0.1, 0.15) is 47.4 Å². The number of hydrogen-bond acceptors (Lipinski definition) is 3. The fourth-order valence-corrected chi connectivity index (χ4v) is 3.18. The van der Waals surface area contributed by atoms with E-state index < -0.39 is 0 Å². The first kappa shape index (κ1) is 20.5. The normalized spacial score (nSPS) is 10.8. The minimum absolute atomic E-state index is 0.0985. The molecule has 0 saturated carbocycles. The maximum absolute atomic E-state index is 13.5. The minimum atomic E-state index is -0.315. The van der Waals surface area contributed by atoms with Crippen molar-refractivity contribution < 1.29 is 14.0 Å². The fourth-order valence-electron chi connectivity index (χ4n) is 3.18. The molecule has 0 bridgehead atoms. The molecule has 3 aromatic rings. The Hall–Kier alpha value is -3.22. The van der Waals surface area contributed by atoms with Crippen LogP contribution in [-0.2, 0) is 11.3 Å². The molecule has 0 aliphatic rings. The molecule has 0 unspecified atom stereocenters. The van der Waals surface area contributed by atoms with E-state index in [1.165, 1.54) is 6.07 Å². The summed E-state index contributed by atoms with van der Waals surface area (Å²) in [5.74, 6) is -0.563. The van der Waals surface area contributed by atoms with Crippen LogP contribution < -0.4 is 10.6 Å². The van der Waals surface area contributed by atoms with Crippen LogP contribution in [0.3, 0.4) is 0 Å². The van der Waals surface area contributed by atoms with E-state index in [1.807, 2.05) is 31.3 Å². The van der Waals surface area contributed by atoms with Crippen LogP contribution in [0.2, 0.25) is 0 Å². The van der Waals surface area contributed by atoms with E-state index in [0.29, 0.717) is 36.3 Å². The van der Waals surface area contributed by atoms with Gasteiger partial charge < -0.3 is 10.6 Å². The Morgan fingerprint density at radius 2 is 1.83 bits per heavy atom. The predicted octanol–water partition coefficient (Wildman–Crippen LogP) is 3.39. The van der Waals surface area contributed by atoms with Gasteiger partial charge in [-0.1, -0.05) is 30.7 Å². The molecule has 0 aliphatic carbocycles. The van der Waals surface area contributed by atoms with Crippen molar-refractivity contribution in [3.05, 3.63) is 71.4 Å². The molecule has 0 radical (unpaired) electrons. The van der Waals surface area contributed by atoms with Crippen molar-refractivity contribution in [1.82, 2.24) is 20.0 Å². The number of nitrogens with zero attached hydrogens (tertiary/aromatic N) is 2. The molecule has 2 aromatic heterocycles. The molecule has 2 N–H and O–H groups in total. The maximum atomic E-state index is 13.5. The van der Waals surface area contributed by atoms with Crippen molar-refractivity contribution in [1.29, 1.82) is 0 Å². The molecule has 1 aromatic carbocycles. The van der Waals surface area contributed by atoms with Gasteiger partial charge in [-0.3, -0.25) is 14.0 Å². The van der Waals surface area contributed by atoms with E-state index >= 15 is 0 Å². The molecular formula is C22H25FN4O2. The van der Waals surface area contributed by atoms with Crippen LogP contribution in [-0.4, -0.2) is 27.7 Å². The quantitative estimate of drug-likeness (QED) is 0.545. The number of benzene rings is 1. The summed E-state index contributed by atoms with van der Waals surface area (Å²) in [7, 11) is 0. The Bertz CT molecular complexity index is 999. The first-order valence-electron chi connectivity index (χ1n) is 9.78. The van der Waals surface area contributed by atoms with E-state index in [9.17, 15) is 14.0 Å². The standard InChI is InChI=1S/C22H25FN4O2/c1-16-21(27-14-8-6-11-19(27)26-16)22(29)24-13-7-2-3-12-20(28)25-15-17-9-4-5-10-18(17)23/h4-6,8-11,14H,2-3,7,12-13,15H2,1H3,(H,24,29)(H,25,28). The lowest BCUT2D eigenvalue weighted by Gasteiger charge is -2.07. The summed E-state index contributed by atoms with van der Waals surface area (Å²) in [4.78, 5) is 28.7. The van der Waals surface area contributed by atoms with E-state index in [1.54, 1.807) is 22.6 Å². The third-order valence-electron chi connectivity index (χ3n) is 4.72. The van der Waals surface area contributed by atoms with Crippen LogP contribution in [0.5, 0.6) is 0 Å². The van der Waals surface area contributed by atoms with Crippen molar-refractivity contribution in [2.24, 2.45) is 0 Å². The highest BCUT2D eigenvalue weighted by atomic mass is 19.1. The highest BCUT2D eigenvalue weighted by Crippen LogP contribution is 2.11. The molecule has 3 rings (SSSR count). The number of amides is 2. The van der Waals surface area contributed by atoms with E-state index in [0.717, 1.165) is 18.5 Å². The molecule has 152 valence electrons. The second kappa shape index (κ2) is 9.82. The average molecular weight is 396 g/mol. The van der Waals surface area contributed by atoms with Gasteiger partial charge in [0.15, 0.2) is 0 Å². The van der Waals surface area contributed by atoms with Crippen molar-refractivity contribution in [3.63, 3.8) is 0 Å². The SMILES string of the molecule is Cc1nc2ccccn2c1C(=O)NCCCCCC(=O)NCc1ccccc1F. The van der Waals surface area contributed by atoms with Gasteiger partial charge in [-0.15, -0.1) is 0 Å². The summed E-state index contributed by atoms with van der Waals surface area (Å²) in [6.07, 6.45) is 4.52. The molecule has 0 aliphatic heterocycles. The van der Waals surface area contributed by atoms with Gasteiger partial charge in [0, 0.05) is 31.3 Å². The largest absolute Gasteiger partial charge is 0.352 e. The van der Waals surface area contributed by atoms with Crippen molar-refractivity contribution in [2.75, 3.05) is 6.54 Å². The Labute approximate surface area is 169 Å². The molecule has 0 fully saturated rings. The fraction of sp³-hybridized carbons (Fsp3) is 0.318. The molecule has 2 heterocycles. The van der Waals surface area contributed by atoms with E-state index in [-0.39, 0.29) is 24.2 Å². The molecule has 2 amide bonds. The van der Waals surface area contributed by atoms with Gasteiger partial charge in [0.25, 0.3) is 5.91 Å². The molecule has 7 heteroatoms. The highest BCUT2D eigenvalue weighted by Gasteiger charge is 2.15. The average Bonchev–Trinajstić information content (AvgIpc) is 3.05.